The Kier molecular flexibility index (Phi) is 4.62. The van der Waals surface area contributed by atoms with Crippen LogP contribution in [0.25, 0.3) is 0 Å². The Morgan fingerprint density at radius 2 is 2.00 bits per heavy atom. The van der Waals surface area contributed by atoms with Crippen molar-refractivity contribution in [2.75, 3.05) is 6.26 Å². The molecule has 1 aromatic carbocycles. The molecule has 0 unspecified atom stereocenters. The predicted molar refractivity (Wildman–Crippen MR) is 90.0 cm³/mol. The molecule has 0 aliphatic carbocycles. The largest absolute Gasteiger partial charge is 0.493 e. The van der Waals surface area contributed by atoms with E-state index in [0.717, 1.165) is 6.26 Å². The van der Waals surface area contributed by atoms with Gasteiger partial charge in [0, 0.05) is 21.9 Å². The molecule has 0 amide bonds. The lowest BCUT2D eigenvalue weighted by atomic mass is 10.0. The SMILES string of the molecule is CCn1ncc(C(=O)c2ccc(S(C)(=O)=O)c(I)c2C)c1O. The standard InChI is InChI=1S/C14H15IN2O4S/c1-4-17-14(19)10(7-16-17)13(18)9-5-6-11(22(3,20)21)12(15)8(9)2/h5-7,19H,4H2,1-3H3. The zero-order valence-corrected chi connectivity index (χ0v) is 15.3. The van der Waals surface area contributed by atoms with Gasteiger partial charge < -0.3 is 5.11 Å². The number of aryl methyl sites for hydroxylation is 1. The molecule has 1 N–H and O–H groups in total. The molecule has 0 spiro atoms. The van der Waals surface area contributed by atoms with Crippen molar-refractivity contribution in [3.05, 3.63) is 38.6 Å². The van der Waals surface area contributed by atoms with Gasteiger partial charge in [-0.2, -0.15) is 5.10 Å². The summed E-state index contributed by atoms with van der Waals surface area (Å²) >= 11 is 1.92. The molecule has 0 saturated carbocycles. The molecule has 0 saturated heterocycles. The maximum Gasteiger partial charge on any atom is 0.220 e. The Morgan fingerprint density at radius 1 is 1.36 bits per heavy atom. The van der Waals surface area contributed by atoms with E-state index in [1.807, 2.05) is 22.6 Å². The number of aromatic nitrogens is 2. The van der Waals surface area contributed by atoms with E-state index in [1.165, 1.54) is 23.0 Å². The van der Waals surface area contributed by atoms with E-state index in [0.29, 0.717) is 21.2 Å². The molecule has 0 fully saturated rings. The van der Waals surface area contributed by atoms with Crippen LogP contribution in [0.3, 0.4) is 0 Å². The van der Waals surface area contributed by atoms with Crippen molar-refractivity contribution in [1.82, 2.24) is 9.78 Å². The molecule has 0 aliphatic rings. The lowest BCUT2D eigenvalue weighted by Gasteiger charge is -2.10. The number of carbonyl (C=O) groups is 1. The zero-order valence-electron chi connectivity index (χ0n) is 12.3. The van der Waals surface area contributed by atoms with Gasteiger partial charge in [0.15, 0.2) is 15.6 Å². The van der Waals surface area contributed by atoms with E-state index in [4.69, 9.17) is 0 Å². The average Bonchev–Trinajstić information content (AvgIpc) is 2.80. The summed E-state index contributed by atoms with van der Waals surface area (Å²) in [7, 11) is -3.36. The fourth-order valence-corrected chi connectivity index (χ4v) is 4.57. The van der Waals surface area contributed by atoms with Crippen LogP contribution >= 0.6 is 22.6 Å². The minimum Gasteiger partial charge on any atom is -0.493 e. The molecule has 0 bridgehead atoms. The minimum absolute atomic E-state index is 0.104. The van der Waals surface area contributed by atoms with Crippen LogP contribution in [0, 0.1) is 10.5 Å². The molecule has 1 heterocycles. The van der Waals surface area contributed by atoms with Crippen molar-refractivity contribution >= 4 is 38.2 Å². The summed E-state index contributed by atoms with van der Waals surface area (Å²) in [6.07, 6.45) is 2.44. The van der Waals surface area contributed by atoms with Gasteiger partial charge in [-0.15, -0.1) is 0 Å². The fourth-order valence-electron chi connectivity index (χ4n) is 2.11. The molecule has 6 nitrogen and oxygen atoms in total. The lowest BCUT2D eigenvalue weighted by Crippen LogP contribution is -2.08. The molecule has 22 heavy (non-hydrogen) atoms. The summed E-state index contributed by atoms with van der Waals surface area (Å²) in [6, 6.07) is 2.89. The first-order valence-electron chi connectivity index (χ1n) is 6.47. The third-order valence-corrected chi connectivity index (χ3v) is 6.25. The highest BCUT2D eigenvalue weighted by Crippen LogP contribution is 2.28. The fraction of sp³-hybridized carbons (Fsp3) is 0.286. The third-order valence-electron chi connectivity index (χ3n) is 3.35. The summed E-state index contributed by atoms with van der Waals surface area (Å²) in [5.74, 6) is -0.568. The van der Waals surface area contributed by atoms with Crippen molar-refractivity contribution in [2.24, 2.45) is 0 Å². The molecule has 0 aliphatic heterocycles. The number of benzene rings is 1. The molecule has 0 radical (unpaired) electrons. The number of hydrogen-bond donors (Lipinski definition) is 1. The number of sulfone groups is 1. The maximum absolute atomic E-state index is 12.6. The van der Waals surface area contributed by atoms with Crippen LogP contribution < -0.4 is 0 Å². The van der Waals surface area contributed by atoms with Crippen LogP contribution in [0.4, 0.5) is 0 Å². The maximum atomic E-state index is 12.6. The van der Waals surface area contributed by atoms with Crippen LogP contribution in [0.2, 0.25) is 0 Å². The van der Waals surface area contributed by atoms with Crippen molar-refractivity contribution in [2.45, 2.75) is 25.3 Å². The Hall–Kier alpha value is -1.42. The third kappa shape index (κ3) is 2.89. The van der Waals surface area contributed by atoms with Gasteiger partial charge in [-0.3, -0.25) is 4.79 Å². The first kappa shape index (κ1) is 16.9. The normalized spacial score (nSPS) is 11.6. The quantitative estimate of drug-likeness (QED) is 0.589. The van der Waals surface area contributed by atoms with Gasteiger partial charge in [0.05, 0.1) is 11.1 Å². The van der Waals surface area contributed by atoms with Crippen molar-refractivity contribution in [1.29, 1.82) is 0 Å². The monoisotopic (exact) mass is 434 g/mol. The van der Waals surface area contributed by atoms with Crippen LogP contribution in [0.15, 0.2) is 23.2 Å². The Morgan fingerprint density at radius 3 is 2.50 bits per heavy atom. The van der Waals surface area contributed by atoms with Crippen molar-refractivity contribution < 1.29 is 18.3 Å². The van der Waals surface area contributed by atoms with E-state index >= 15 is 0 Å². The van der Waals surface area contributed by atoms with Gasteiger partial charge >= 0.3 is 0 Å². The number of hydrogen-bond acceptors (Lipinski definition) is 5. The van der Waals surface area contributed by atoms with Gasteiger partial charge in [-0.05, 0) is 54.1 Å². The highest BCUT2D eigenvalue weighted by atomic mass is 127. The van der Waals surface area contributed by atoms with Gasteiger partial charge in [0.2, 0.25) is 5.88 Å². The second kappa shape index (κ2) is 5.99. The molecule has 0 atom stereocenters. The van der Waals surface area contributed by atoms with E-state index in [1.54, 1.807) is 13.8 Å². The summed E-state index contributed by atoms with van der Waals surface area (Å²) in [6.45, 7) is 3.93. The number of rotatable bonds is 4. The van der Waals surface area contributed by atoms with E-state index in [2.05, 4.69) is 5.10 Å². The van der Waals surface area contributed by atoms with Crippen LogP contribution in [0.5, 0.6) is 5.88 Å². The summed E-state index contributed by atoms with van der Waals surface area (Å²) < 4.78 is 25.2. The Labute approximate surface area is 142 Å². The molecule has 2 aromatic rings. The number of halogens is 1. The van der Waals surface area contributed by atoms with Gasteiger partial charge in [0.1, 0.15) is 5.56 Å². The molecule has 1 aromatic heterocycles. The predicted octanol–water partition coefficient (Wildman–Crippen LogP) is 2.16. The summed E-state index contributed by atoms with van der Waals surface area (Å²) in [4.78, 5) is 12.8. The highest BCUT2D eigenvalue weighted by molar-refractivity contribution is 14.1. The Balaban J connectivity index is 2.56. The molecule has 2 rings (SSSR count). The lowest BCUT2D eigenvalue weighted by molar-refractivity contribution is 0.103. The summed E-state index contributed by atoms with van der Waals surface area (Å²) in [5.41, 5.74) is 1.02. The van der Waals surface area contributed by atoms with Crippen molar-refractivity contribution in [3.63, 3.8) is 0 Å². The minimum atomic E-state index is -3.36. The van der Waals surface area contributed by atoms with E-state index in [-0.39, 0.29) is 22.1 Å². The molecule has 8 heteroatoms. The number of ketones is 1. The van der Waals surface area contributed by atoms with Gasteiger partial charge in [-0.1, -0.05) is 0 Å². The Bertz CT molecular complexity index is 856. The van der Waals surface area contributed by atoms with Crippen LogP contribution in [-0.4, -0.2) is 35.3 Å². The number of carbonyl (C=O) groups excluding carboxylic acids is 1. The van der Waals surface area contributed by atoms with Gasteiger partial charge in [0.25, 0.3) is 0 Å². The molecular weight excluding hydrogens is 419 g/mol. The summed E-state index contributed by atoms with van der Waals surface area (Å²) in [5, 5.41) is 13.9. The number of aromatic hydroxyl groups is 1. The second-order valence-electron chi connectivity index (χ2n) is 4.85. The van der Waals surface area contributed by atoms with Crippen LogP contribution in [-0.2, 0) is 16.4 Å². The highest BCUT2D eigenvalue weighted by Gasteiger charge is 2.23. The van der Waals surface area contributed by atoms with Crippen molar-refractivity contribution in [3.8, 4) is 5.88 Å². The first-order chi connectivity index (χ1) is 10.2. The number of nitrogens with zero attached hydrogens (tertiary/aromatic N) is 2. The second-order valence-corrected chi connectivity index (χ2v) is 7.91. The topological polar surface area (TPSA) is 89.3 Å². The molecule has 118 valence electrons. The van der Waals surface area contributed by atoms with Gasteiger partial charge in [-0.25, -0.2) is 13.1 Å². The average molecular weight is 434 g/mol. The molecular formula is C14H15IN2O4S. The zero-order chi connectivity index (χ0) is 16.7. The first-order valence-corrected chi connectivity index (χ1v) is 9.44. The van der Waals surface area contributed by atoms with Crippen LogP contribution in [0.1, 0.15) is 28.4 Å². The van der Waals surface area contributed by atoms with E-state index in [9.17, 15) is 18.3 Å². The van der Waals surface area contributed by atoms with E-state index < -0.39 is 9.84 Å². The smallest absolute Gasteiger partial charge is 0.220 e.